The highest BCUT2D eigenvalue weighted by molar-refractivity contribution is 5.85. The average Bonchev–Trinajstić information content (AvgIpc) is 2.29. The molecule has 0 aromatic rings. The lowest BCUT2D eigenvalue weighted by Gasteiger charge is -2.24. The number of hydrogen-bond donors (Lipinski definition) is 3. The topological polar surface area (TPSA) is 93.4 Å². The number of nitriles is 1. The highest BCUT2D eigenvalue weighted by Gasteiger charge is 2.35. The van der Waals surface area contributed by atoms with Crippen LogP contribution in [0.2, 0.25) is 0 Å². The normalized spacial score (nSPS) is 11.2. The largest absolute Gasteiger partial charge is 0.394 e. The third-order valence-electron chi connectivity index (χ3n) is 2.63. The van der Waals surface area contributed by atoms with Gasteiger partial charge in [0.15, 0.2) is 0 Å². The molecule has 0 heterocycles. The number of rotatable bonds is 6. The summed E-state index contributed by atoms with van der Waals surface area (Å²) in [4.78, 5) is 11.7. The van der Waals surface area contributed by atoms with E-state index in [2.05, 4.69) is 5.32 Å². The van der Waals surface area contributed by atoms with E-state index in [1.54, 1.807) is 13.8 Å². The quantitative estimate of drug-likeness (QED) is 0.570. The molecule has 5 nitrogen and oxygen atoms in total. The predicted octanol–water partition coefficient (Wildman–Crippen LogP) is -0.214. The molecule has 1 amide bonds. The van der Waals surface area contributed by atoms with Crippen molar-refractivity contribution in [3.8, 4) is 6.07 Å². The summed E-state index contributed by atoms with van der Waals surface area (Å²) in [6.45, 7) is 2.85. The maximum Gasteiger partial charge on any atom is 0.240 e. The maximum atomic E-state index is 11.7. The molecule has 0 spiro atoms. The maximum absolute atomic E-state index is 11.7. The lowest BCUT2D eigenvalue weighted by Crippen LogP contribution is -2.47. The molecule has 15 heavy (non-hydrogen) atoms. The molecule has 0 aromatic carbocycles. The first-order valence-electron chi connectivity index (χ1n) is 5.04. The van der Waals surface area contributed by atoms with Crippen molar-refractivity contribution < 1.29 is 15.0 Å². The minimum atomic E-state index is -1.05. The van der Waals surface area contributed by atoms with Crippen molar-refractivity contribution in [1.29, 1.82) is 5.26 Å². The highest BCUT2D eigenvalue weighted by Crippen LogP contribution is 2.25. The van der Waals surface area contributed by atoms with Gasteiger partial charge in [0.2, 0.25) is 5.91 Å². The third kappa shape index (κ3) is 3.18. The second-order valence-electron chi connectivity index (χ2n) is 3.44. The van der Waals surface area contributed by atoms with Crippen molar-refractivity contribution in [1.82, 2.24) is 5.32 Å². The first-order chi connectivity index (χ1) is 7.10. The lowest BCUT2D eigenvalue weighted by molar-refractivity contribution is -0.130. The Labute approximate surface area is 89.7 Å². The molecule has 86 valence electrons. The summed E-state index contributed by atoms with van der Waals surface area (Å²) in [6, 6.07) is 1.30. The number of aliphatic hydroxyl groups is 2. The van der Waals surface area contributed by atoms with E-state index < -0.39 is 17.4 Å². The Balaban J connectivity index is 4.60. The van der Waals surface area contributed by atoms with Gasteiger partial charge in [0, 0.05) is 0 Å². The second kappa shape index (κ2) is 6.38. The molecule has 5 heteroatoms. The molecule has 0 fully saturated rings. The number of hydrogen-bond acceptors (Lipinski definition) is 4. The number of nitrogens with zero attached hydrogens (tertiary/aromatic N) is 1. The van der Waals surface area contributed by atoms with Crippen molar-refractivity contribution in [2.45, 2.75) is 32.7 Å². The van der Waals surface area contributed by atoms with Crippen LogP contribution in [0.15, 0.2) is 0 Å². The van der Waals surface area contributed by atoms with Gasteiger partial charge in [-0.25, -0.2) is 0 Å². The zero-order chi connectivity index (χ0) is 11.9. The van der Waals surface area contributed by atoms with Crippen LogP contribution in [0, 0.1) is 16.7 Å². The van der Waals surface area contributed by atoms with Crippen LogP contribution in [0.4, 0.5) is 0 Å². The van der Waals surface area contributed by atoms with E-state index in [0.29, 0.717) is 12.8 Å². The van der Waals surface area contributed by atoms with Gasteiger partial charge in [-0.3, -0.25) is 4.79 Å². The van der Waals surface area contributed by atoms with Crippen LogP contribution in [0.1, 0.15) is 26.7 Å². The van der Waals surface area contributed by atoms with E-state index >= 15 is 0 Å². The van der Waals surface area contributed by atoms with Crippen LogP contribution >= 0.6 is 0 Å². The Bertz CT molecular complexity index is 240. The Hall–Kier alpha value is -1.12. The molecule has 0 aliphatic rings. The van der Waals surface area contributed by atoms with E-state index in [-0.39, 0.29) is 13.2 Å². The molecule has 0 unspecified atom stereocenters. The fourth-order valence-electron chi connectivity index (χ4n) is 1.25. The molecule has 0 bridgehead atoms. The van der Waals surface area contributed by atoms with Gasteiger partial charge in [-0.05, 0) is 12.8 Å². The minimum Gasteiger partial charge on any atom is -0.394 e. The summed E-state index contributed by atoms with van der Waals surface area (Å²) < 4.78 is 0. The van der Waals surface area contributed by atoms with Crippen molar-refractivity contribution in [3.05, 3.63) is 0 Å². The monoisotopic (exact) mass is 214 g/mol. The molecule has 0 atom stereocenters. The Morgan fingerprint density at radius 1 is 1.40 bits per heavy atom. The average molecular weight is 214 g/mol. The molecule has 0 aliphatic heterocycles. The van der Waals surface area contributed by atoms with Crippen molar-refractivity contribution in [2.75, 3.05) is 13.2 Å². The fraction of sp³-hybridized carbons (Fsp3) is 0.800. The molecule has 0 aliphatic carbocycles. The predicted molar refractivity (Wildman–Crippen MR) is 54.7 cm³/mol. The van der Waals surface area contributed by atoms with Gasteiger partial charge in [0.1, 0.15) is 5.41 Å². The lowest BCUT2D eigenvalue weighted by atomic mass is 9.83. The Morgan fingerprint density at radius 3 is 2.13 bits per heavy atom. The van der Waals surface area contributed by atoms with Crippen molar-refractivity contribution in [3.63, 3.8) is 0 Å². The van der Waals surface area contributed by atoms with Gasteiger partial charge >= 0.3 is 0 Å². The van der Waals surface area contributed by atoms with E-state index in [1.165, 1.54) is 0 Å². The van der Waals surface area contributed by atoms with Crippen LogP contribution < -0.4 is 5.32 Å². The van der Waals surface area contributed by atoms with Crippen LogP contribution in [0.5, 0.6) is 0 Å². The summed E-state index contributed by atoms with van der Waals surface area (Å²) in [5.74, 6) is -0.428. The van der Waals surface area contributed by atoms with Gasteiger partial charge in [0.25, 0.3) is 0 Å². The van der Waals surface area contributed by atoms with E-state index in [1.807, 2.05) is 6.07 Å². The fourth-order valence-corrected chi connectivity index (χ4v) is 1.25. The zero-order valence-electron chi connectivity index (χ0n) is 9.16. The minimum absolute atomic E-state index is 0.336. The van der Waals surface area contributed by atoms with Gasteiger partial charge in [0.05, 0.1) is 25.3 Å². The molecule has 0 aromatic heterocycles. The van der Waals surface area contributed by atoms with Gasteiger partial charge in [-0.2, -0.15) is 5.26 Å². The van der Waals surface area contributed by atoms with Crippen LogP contribution in [0.3, 0.4) is 0 Å². The number of amides is 1. The molecule has 0 saturated heterocycles. The molecular formula is C10H18N2O3. The number of carbonyl (C=O) groups is 1. The van der Waals surface area contributed by atoms with Crippen LogP contribution in [-0.4, -0.2) is 35.4 Å². The standard InChI is InChI=1S/C10H18N2O3/c1-3-10(4-2,7-11)9(15)12-8(5-13)6-14/h8,13-14H,3-6H2,1-2H3,(H,12,15). The van der Waals surface area contributed by atoms with E-state index in [9.17, 15) is 4.79 Å². The number of aliphatic hydroxyl groups excluding tert-OH is 2. The number of nitrogens with one attached hydrogen (secondary N) is 1. The summed E-state index contributed by atoms with van der Waals surface area (Å²) in [5.41, 5.74) is -1.05. The first-order valence-corrected chi connectivity index (χ1v) is 5.04. The molecule has 0 rings (SSSR count). The second-order valence-corrected chi connectivity index (χ2v) is 3.44. The van der Waals surface area contributed by atoms with Gasteiger partial charge in [-0.15, -0.1) is 0 Å². The van der Waals surface area contributed by atoms with Gasteiger partial charge < -0.3 is 15.5 Å². The molecule has 3 N–H and O–H groups in total. The SMILES string of the molecule is CCC(C#N)(CC)C(=O)NC(CO)CO. The molecular weight excluding hydrogens is 196 g/mol. The van der Waals surface area contributed by atoms with Crippen LogP contribution in [-0.2, 0) is 4.79 Å². The summed E-state index contributed by atoms with van der Waals surface area (Å²) in [6.07, 6.45) is 0.824. The van der Waals surface area contributed by atoms with Gasteiger partial charge in [-0.1, -0.05) is 13.8 Å². The summed E-state index contributed by atoms with van der Waals surface area (Å²) >= 11 is 0. The highest BCUT2D eigenvalue weighted by atomic mass is 16.3. The summed E-state index contributed by atoms with van der Waals surface area (Å²) in [5, 5.41) is 29.0. The smallest absolute Gasteiger partial charge is 0.240 e. The Morgan fingerprint density at radius 2 is 1.87 bits per heavy atom. The molecule has 0 radical (unpaired) electrons. The Kier molecular flexibility index (Phi) is 5.90. The van der Waals surface area contributed by atoms with E-state index in [4.69, 9.17) is 15.5 Å². The van der Waals surface area contributed by atoms with Crippen molar-refractivity contribution >= 4 is 5.91 Å². The first kappa shape index (κ1) is 13.9. The van der Waals surface area contributed by atoms with Crippen molar-refractivity contribution in [2.24, 2.45) is 5.41 Å². The summed E-state index contributed by atoms with van der Waals surface area (Å²) in [7, 11) is 0. The van der Waals surface area contributed by atoms with Crippen LogP contribution in [0.25, 0.3) is 0 Å². The zero-order valence-corrected chi connectivity index (χ0v) is 9.16. The third-order valence-corrected chi connectivity index (χ3v) is 2.63. The van der Waals surface area contributed by atoms with E-state index in [0.717, 1.165) is 0 Å². The number of carbonyl (C=O) groups excluding carboxylic acids is 1. The molecule has 0 saturated carbocycles.